The number of carbonyl (C=O) groups excluding carboxylic acids is 1. The first-order chi connectivity index (χ1) is 12.9. The lowest BCUT2D eigenvalue weighted by Gasteiger charge is -2.56. The lowest BCUT2D eigenvalue weighted by Crippen LogP contribution is -2.49. The first-order valence-corrected chi connectivity index (χ1v) is 11.2. The predicted molar refractivity (Wildman–Crippen MR) is 111 cm³/mol. The minimum absolute atomic E-state index is 0.222. The lowest BCUT2D eigenvalue weighted by molar-refractivity contribution is -0.0412. The number of hydrogen-bond donors (Lipinski definition) is 0. The third-order valence-electron chi connectivity index (χ3n) is 9.58. The topological polar surface area (TPSA) is 17.1 Å². The van der Waals surface area contributed by atoms with Crippen molar-refractivity contribution >= 4 is 5.78 Å². The fourth-order valence-electron chi connectivity index (χ4n) is 8.17. The van der Waals surface area contributed by atoms with Crippen molar-refractivity contribution in [1.82, 2.24) is 0 Å². The molecular weight excluding hydrogens is 328 g/mol. The maximum absolute atomic E-state index is 13.3. The van der Waals surface area contributed by atoms with Gasteiger partial charge in [0.1, 0.15) is 0 Å². The summed E-state index contributed by atoms with van der Waals surface area (Å²) in [6.07, 6.45) is 10.4. The number of benzene rings is 1. The van der Waals surface area contributed by atoms with Crippen LogP contribution < -0.4 is 0 Å². The van der Waals surface area contributed by atoms with Crippen LogP contribution in [0, 0.1) is 34.5 Å². The largest absolute Gasteiger partial charge is 0.294 e. The molecule has 0 spiro atoms. The van der Waals surface area contributed by atoms with E-state index in [1.165, 1.54) is 44.9 Å². The molecule has 1 heteroatoms. The summed E-state index contributed by atoms with van der Waals surface area (Å²) in [5, 5.41) is 0. The molecule has 0 unspecified atom stereocenters. The number of rotatable bonds is 2. The SMILES string of the molecule is CC1=C2CC[C@H]3[C@@H]4CC[C@H](C(=O)c5ccccc5)[C@]4(C)CC[C@@H]3[C@]2(C)CC1. The molecule has 0 N–H and O–H groups in total. The molecule has 4 aliphatic rings. The molecule has 0 aromatic heterocycles. The van der Waals surface area contributed by atoms with Gasteiger partial charge < -0.3 is 0 Å². The van der Waals surface area contributed by atoms with Crippen molar-refractivity contribution in [3.63, 3.8) is 0 Å². The van der Waals surface area contributed by atoms with Gasteiger partial charge in [0, 0.05) is 11.5 Å². The number of fused-ring (bicyclic) bond motifs is 5. The van der Waals surface area contributed by atoms with Crippen molar-refractivity contribution < 1.29 is 4.79 Å². The zero-order chi connectivity index (χ0) is 18.8. The third kappa shape index (κ3) is 2.39. The molecule has 4 aliphatic carbocycles. The Hall–Kier alpha value is -1.37. The highest BCUT2D eigenvalue weighted by molar-refractivity contribution is 5.98. The Kier molecular flexibility index (Phi) is 3.98. The Balaban J connectivity index is 1.44. The van der Waals surface area contributed by atoms with Gasteiger partial charge in [0.15, 0.2) is 5.78 Å². The summed E-state index contributed by atoms with van der Waals surface area (Å²) in [5.41, 5.74) is 5.14. The van der Waals surface area contributed by atoms with Crippen molar-refractivity contribution in [2.24, 2.45) is 34.5 Å². The van der Waals surface area contributed by atoms with Gasteiger partial charge in [-0.25, -0.2) is 0 Å². The number of hydrogen-bond acceptors (Lipinski definition) is 1. The molecule has 1 nitrogen and oxygen atoms in total. The molecule has 0 saturated heterocycles. The molecule has 0 radical (unpaired) electrons. The van der Waals surface area contributed by atoms with Crippen molar-refractivity contribution in [1.29, 1.82) is 0 Å². The van der Waals surface area contributed by atoms with Crippen LogP contribution in [0.4, 0.5) is 0 Å². The minimum atomic E-state index is 0.222. The summed E-state index contributed by atoms with van der Waals surface area (Å²) in [4.78, 5) is 13.3. The second-order valence-corrected chi connectivity index (χ2v) is 10.5. The van der Waals surface area contributed by atoms with E-state index in [4.69, 9.17) is 0 Å². The van der Waals surface area contributed by atoms with Gasteiger partial charge in [-0.1, -0.05) is 55.3 Å². The first-order valence-electron chi connectivity index (χ1n) is 11.2. The maximum Gasteiger partial charge on any atom is 0.166 e. The van der Waals surface area contributed by atoms with Gasteiger partial charge in [-0.05, 0) is 86.9 Å². The van der Waals surface area contributed by atoms with Crippen LogP contribution in [0.15, 0.2) is 41.5 Å². The quantitative estimate of drug-likeness (QED) is 0.416. The van der Waals surface area contributed by atoms with Crippen LogP contribution in [-0.4, -0.2) is 5.78 Å². The fraction of sp³-hybridized carbons (Fsp3) is 0.654. The Bertz CT molecular complexity index is 790. The van der Waals surface area contributed by atoms with E-state index in [2.05, 4.69) is 20.8 Å². The molecule has 27 heavy (non-hydrogen) atoms. The molecule has 6 atom stereocenters. The minimum Gasteiger partial charge on any atom is -0.294 e. The van der Waals surface area contributed by atoms with Crippen molar-refractivity contribution in [2.75, 3.05) is 0 Å². The van der Waals surface area contributed by atoms with E-state index in [0.717, 1.165) is 29.7 Å². The zero-order valence-corrected chi connectivity index (χ0v) is 17.3. The van der Waals surface area contributed by atoms with Crippen LogP contribution in [0.2, 0.25) is 0 Å². The summed E-state index contributed by atoms with van der Waals surface area (Å²) >= 11 is 0. The summed E-state index contributed by atoms with van der Waals surface area (Å²) in [7, 11) is 0. The molecule has 144 valence electrons. The van der Waals surface area contributed by atoms with Gasteiger partial charge in [0.25, 0.3) is 0 Å². The fourth-order valence-corrected chi connectivity index (χ4v) is 8.17. The second kappa shape index (κ2) is 6.06. The number of ketones is 1. The third-order valence-corrected chi connectivity index (χ3v) is 9.58. The molecular formula is C26H34O. The Morgan fingerprint density at radius 2 is 1.70 bits per heavy atom. The van der Waals surface area contributed by atoms with E-state index < -0.39 is 0 Å². The molecule has 1 aromatic carbocycles. The van der Waals surface area contributed by atoms with Gasteiger partial charge in [0.05, 0.1) is 0 Å². The average Bonchev–Trinajstić information content (AvgIpc) is 3.18. The first kappa shape index (κ1) is 17.7. The monoisotopic (exact) mass is 362 g/mol. The van der Waals surface area contributed by atoms with E-state index >= 15 is 0 Å². The molecule has 0 heterocycles. The van der Waals surface area contributed by atoms with Gasteiger partial charge in [-0.2, -0.15) is 0 Å². The van der Waals surface area contributed by atoms with Crippen LogP contribution in [0.5, 0.6) is 0 Å². The summed E-state index contributed by atoms with van der Waals surface area (Å²) in [5.74, 6) is 3.12. The molecule has 0 bridgehead atoms. The van der Waals surface area contributed by atoms with Crippen LogP contribution in [0.25, 0.3) is 0 Å². The smallest absolute Gasteiger partial charge is 0.166 e. The van der Waals surface area contributed by atoms with E-state index in [9.17, 15) is 4.79 Å². The highest BCUT2D eigenvalue weighted by Gasteiger charge is 2.60. The van der Waals surface area contributed by atoms with Crippen LogP contribution in [0.1, 0.15) is 82.5 Å². The molecule has 1 aromatic rings. The highest BCUT2D eigenvalue weighted by Crippen LogP contribution is 2.68. The summed E-state index contributed by atoms with van der Waals surface area (Å²) in [6.45, 7) is 7.44. The number of carbonyl (C=O) groups is 1. The lowest BCUT2D eigenvalue weighted by atomic mass is 9.48. The van der Waals surface area contributed by atoms with E-state index in [-0.39, 0.29) is 11.3 Å². The second-order valence-electron chi connectivity index (χ2n) is 10.5. The highest BCUT2D eigenvalue weighted by atomic mass is 16.1. The Morgan fingerprint density at radius 3 is 2.48 bits per heavy atom. The van der Waals surface area contributed by atoms with Gasteiger partial charge in [-0.15, -0.1) is 0 Å². The standard InChI is InChI=1S/C26H34O/c1-17-13-15-25(2)20(17)10-9-19-21-11-12-23(26(21,3)16-14-22(19)25)24(27)18-7-5-4-6-8-18/h4-8,19,21-23H,9-16H2,1-3H3/t19-,21-,22-,23+,25+,26+/m0/s1. The molecule has 3 saturated carbocycles. The number of allylic oxidation sites excluding steroid dienone is 2. The zero-order valence-electron chi connectivity index (χ0n) is 17.3. The number of Topliss-reactive ketones (excluding diaryl/α,β-unsaturated/α-hetero) is 1. The van der Waals surface area contributed by atoms with Crippen LogP contribution >= 0.6 is 0 Å². The average molecular weight is 363 g/mol. The molecule has 3 fully saturated rings. The predicted octanol–water partition coefficient (Wildman–Crippen LogP) is 6.84. The van der Waals surface area contributed by atoms with Crippen molar-refractivity contribution in [2.45, 2.75) is 72.1 Å². The van der Waals surface area contributed by atoms with E-state index in [0.29, 0.717) is 11.2 Å². The Labute approximate surface area is 164 Å². The van der Waals surface area contributed by atoms with Crippen LogP contribution in [0.3, 0.4) is 0 Å². The van der Waals surface area contributed by atoms with Crippen LogP contribution in [-0.2, 0) is 0 Å². The van der Waals surface area contributed by atoms with Crippen molar-refractivity contribution in [3.05, 3.63) is 47.0 Å². The van der Waals surface area contributed by atoms with Gasteiger partial charge in [0.2, 0.25) is 0 Å². The Morgan fingerprint density at radius 1 is 0.926 bits per heavy atom. The summed E-state index contributed by atoms with van der Waals surface area (Å²) < 4.78 is 0. The molecule has 5 rings (SSSR count). The van der Waals surface area contributed by atoms with Gasteiger partial charge in [-0.3, -0.25) is 4.79 Å². The normalized spacial score (nSPS) is 43.2. The molecule has 0 amide bonds. The van der Waals surface area contributed by atoms with Crippen molar-refractivity contribution in [3.8, 4) is 0 Å². The summed E-state index contributed by atoms with van der Waals surface area (Å²) in [6, 6.07) is 10.1. The van der Waals surface area contributed by atoms with E-state index in [1.54, 1.807) is 5.57 Å². The van der Waals surface area contributed by atoms with E-state index in [1.807, 2.05) is 35.9 Å². The van der Waals surface area contributed by atoms with Gasteiger partial charge >= 0.3 is 0 Å². The molecule has 0 aliphatic heterocycles. The maximum atomic E-state index is 13.3.